The summed E-state index contributed by atoms with van der Waals surface area (Å²) in [6.07, 6.45) is 0. The van der Waals surface area contributed by atoms with E-state index in [1.54, 1.807) is 0 Å². The molecule has 0 N–H and O–H groups in total. The van der Waals surface area contributed by atoms with Gasteiger partial charge in [-0.05, 0) is 64.7 Å². The van der Waals surface area contributed by atoms with E-state index < -0.39 is 0 Å². The second-order valence-corrected chi connectivity index (χ2v) is 12.3. The molecule has 0 saturated carbocycles. The normalized spacial score (nSPS) is 11.3. The first-order chi connectivity index (χ1) is 24.3. The molecule has 0 aliphatic heterocycles. The van der Waals surface area contributed by atoms with Crippen LogP contribution < -0.4 is 0 Å². The third-order valence-electron chi connectivity index (χ3n) is 9.20. The van der Waals surface area contributed by atoms with Gasteiger partial charge < -0.3 is 4.57 Å². The number of hydrogen-bond acceptors (Lipinski definition) is 2. The van der Waals surface area contributed by atoms with Crippen LogP contribution in [-0.2, 0) is 0 Å². The fraction of sp³-hybridized carbons (Fsp3) is 0. The molecule has 0 fully saturated rings. The summed E-state index contributed by atoms with van der Waals surface area (Å²) >= 11 is 0. The highest BCUT2D eigenvalue weighted by molar-refractivity contribution is 6.10. The summed E-state index contributed by atoms with van der Waals surface area (Å²) in [5.41, 5.74) is 13.1. The van der Waals surface area contributed by atoms with Crippen LogP contribution in [-0.4, -0.2) is 14.5 Å². The van der Waals surface area contributed by atoms with Gasteiger partial charge in [-0.3, -0.25) is 0 Å². The lowest BCUT2D eigenvalue weighted by molar-refractivity contribution is 1.18. The molecule has 2 aromatic heterocycles. The molecule has 0 atom stereocenters. The van der Waals surface area contributed by atoms with Gasteiger partial charge in [0.1, 0.15) is 0 Å². The summed E-state index contributed by atoms with van der Waals surface area (Å²) in [6.45, 7) is 0. The number of aromatic nitrogens is 3. The van der Waals surface area contributed by atoms with Gasteiger partial charge in [0.05, 0.1) is 22.4 Å². The summed E-state index contributed by atoms with van der Waals surface area (Å²) in [5.74, 6) is 0.715. The summed E-state index contributed by atoms with van der Waals surface area (Å²) in [4.78, 5) is 10.0. The molecule has 0 saturated heterocycles. The molecular weight excluding hydrogens is 595 g/mol. The predicted octanol–water partition coefficient (Wildman–Crippen LogP) is 11.9. The van der Waals surface area contributed by atoms with Crippen molar-refractivity contribution in [2.45, 2.75) is 0 Å². The van der Waals surface area contributed by atoms with Gasteiger partial charge in [-0.15, -0.1) is 0 Å². The van der Waals surface area contributed by atoms with Crippen molar-refractivity contribution in [3.63, 3.8) is 0 Å². The largest absolute Gasteiger partial charge is 0.309 e. The van der Waals surface area contributed by atoms with Gasteiger partial charge in [-0.25, -0.2) is 9.97 Å². The first-order valence-corrected chi connectivity index (χ1v) is 16.6. The minimum Gasteiger partial charge on any atom is -0.309 e. The van der Waals surface area contributed by atoms with Crippen molar-refractivity contribution in [1.82, 2.24) is 14.5 Å². The van der Waals surface area contributed by atoms with E-state index in [9.17, 15) is 0 Å². The minimum absolute atomic E-state index is 0.715. The molecule has 0 aliphatic rings. The molecular formula is C46H31N3. The first-order valence-electron chi connectivity index (χ1n) is 16.6. The highest BCUT2D eigenvalue weighted by atomic mass is 15.0. The smallest absolute Gasteiger partial charge is 0.160 e. The fourth-order valence-electron chi connectivity index (χ4n) is 6.81. The second kappa shape index (κ2) is 12.2. The van der Waals surface area contributed by atoms with E-state index >= 15 is 0 Å². The number of rotatable bonds is 6. The SMILES string of the molecule is c1ccc(-c2cc(-c3cccc(-c4cccc(-c5ccc6c7ccccc7n(-c7ccccc7)c6c5)c4)c3)nc(-c3ccccc3)n2)cc1. The third-order valence-corrected chi connectivity index (χ3v) is 9.20. The number of fused-ring (bicyclic) bond motifs is 3. The number of nitrogens with zero attached hydrogens (tertiary/aromatic N) is 3. The Morgan fingerprint density at radius 1 is 0.306 bits per heavy atom. The number of para-hydroxylation sites is 2. The quantitative estimate of drug-likeness (QED) is 0.184. The molecule has 3 heteroatoms. The topological polar surface area (TPSA) is 30.7 Å². The van der Waals surface area contributed by atoms with E-state index in [-0.39, 0.29) is 0 Å². The molecule has 0 aliphatic carbocycles. The van der Waals surface area contributed by atoms with Gasteiger partial charge in [-0.1, -0.05) is 146 Å². The number of benzene rings is 7. The van der Waals surface area contributed by atoms with Crippen LogP contribution in [0, 0.1) is 0 Å². The van der Waals surface area contributed by atoms with Crippen molar-refractivity contribution in [1.29, 1.82) is 0 Å². The molecule has 0 bridgehead atoms. The molecule has 2 heterocycles. The molecule has 0 amide bonds. The second-order valence-electron chi connectivity index (χ2n) is 12.3. The maximum absolute atomic E-state index is 5.07. The van der Waals surface area contributed by atoms with Crippen LogP contribution in [0.3, 0.4) is 0 Å². The van der Waals surface area contributed by atoms with E-state index in [0.717, 1.165) is 44.9 Å². The monoisotopic (exact) mass is 625 g/mol. The Morgan fingerprint density at radius 3 is 1.49 bits per heavy atom. The van der Waals surface area contributed by atoms with Crippen LogP contribution in [0.15, 0.2) is 188 Å². The van der Waals surface area contributed by atoms with Gasteiger partial charge in [0, 0.05) is 33.2 Å². The van der Waals surface area contributed by atoms with E-state index in [1.807, 2.05) is 36.4 Å². The van der Waals surface area contributed by atoms with E-state index in [2.05, 4.69) is 156 Å². The van der Waals surface area contributed by atoms with Gasteiger partial charge in [0.25, 0.3) is 0 Å². The summed E-state index contributed by atoms with van der Waals surface area (Å²) in [6, 6.07) is 66.2. The highest BCUT2D eigenvalue weighted by Gasteiger charge is 2.14. The standard InChI is InChI=1S/C46H31N3/c1-4-14-32(15-5-1)42-31-43(48-46(47-42)33-16-6-2-7-17-33)38-21-13-20-36(29-38)34-18-12-19-35(28-34)37-26-27-41-40-24-10-11-25-44(40)49(45(41)30-37)39-22-8-3-9-23-39/h1-31H. The lowest BCUT2D eigenvalue weighted by atomic mass is 9.96. The lowest BCUT2D eigenvalue weighted by Crippen LogP contribution is -1.96. The van der Waals surface area contributed by atoms with Crippen molar-refractivity contribution < 1.29 is 0 Å². The van der Waals surface area contributed by atoms with Crippen LogP contribution in [0.5, 0.6) is 0 Å². The molecule has 0 radical (unpaired) electrons. The Bertz CT molecular complexity index is 2530. The predicted molar refractivity (Wildman–Crippen MR) is 204 cm³/mol. The van der Waals surface area contributed by atoms with Crippen molar-refractivity contribution in [2.24, 2.45) is 0 Å². The maximum Gasteiger partial charge on any atom is 0.160 e. The Kier molecular flexibility index (Phi) is 7.14. The summed E-state index contributed by atoms with van der Waals surface area (Å²) in [7, 11) is 0. The zero-order valence-corrected chi connectivity index (χ0v) is 26.7. The van der Waals surface area contributed by atoms with Gasteiger partial charge >= 0.3 is 0 Å². The van der Waals surface area contributed by atoms with Crippen LogP contribution in [0.1, 0.15) is 0 Å². The van der Waals surface area contributed by atoms with Gasteiger partial charge in [0.15, 0.2) is 5.82 Å². The van der Waals surface area contributed by atoms with Crippen LogP contribution >= 0.6 is 0 Å². The zero-order chi connectivity index (χ0) is 32.6. The molecule has 9 rings (SSSR count). The Labute approximate surface area is 285 Å². The Balaban J connectivity index is 1.13. The Hall–Kier alpha value is -6.58. The molecule has 0 spiro atoms. The van der Waals surface area contributed by atoms with Crippen molar-refractivity contribution in [2.75, 3.05) is 0 Å². The van der Waals surface area contributed by atoms with Gasteiger partial charge in [-0.2, -0.15) is 0 Å². The van der Waals surface area contributed by atoms with Crippen molar-refractivity contribution >= 4 is 21.8 Å². The van der Waals surface area contributed by atoms with Gasteiger partial charge in [0.2, 0.25) is 0 Å². The Morgan fingerprint density at radius 2 is 0.796 bits per heavy atom. The molecule has 3 nitrogen and oxygen atoms in total. The van der Waals surface area contributed by atoms with E-state index in [0.29, 0.717) is 5.82 Å². The van der Waals surface area contributed by atoms with Crippen molar-refractivity contribution in [3.05, 3.63) is 188 Å². The first kappa shape index (κ1) is 28.6. The average Bonchev–Trinajstić information content (AvgIpc) is 3.52. The molecule has 230 valence electrons. The molecule has 49 heavy (non-hydrogen) atoms. The zero-order valence-electron chi connectivity index (χ0n) is 26.7. The summed E-state index contributed by atoms with van der Waals surface area (Å²) < 4.78 is 2.37. The van der Waals surface area contributed by atoms with E-state index in [1.165, 1.54) is 32.9 Å². The fourth-order valence-corrected chi connectivity index (χ4v) is 6.81. The molecule has 0 unspecified atom stereocenters. The average molecular weight is 626 g/mol. The highest BCUT2D eigenvalue weighted by Crippen LogP contribution is 2.36. The molecule has 9 aromatic rings. The minimum atomic E-state index is 0.715. The lowest BCUT2D eigenvalue weighted by Gasteiger charge is -2.12. The third kappa shape index (κ3) is 5.38. The van der Waals surface area contributed by atoms with Crippen LogP contribution in [0.4, 0.5) is 0 Å². The number of hydrogen-bond donors (Lipinski definition) is 0. The molecule has 7 aromatic carbocycles. The summed E-state index contributed by atoms with van der Waals surface area (Å²) in [5, 5.41) is 2.51. The van der Waals surface area contributed by atoms with Crippen LogP contribution in [0.25, 0.3) is 83.6 Å². The maximum atomic E-state index is 5.07. The van der Waals surface area contributed by atoms with Crippen molar-refractivity contribution in [3.8, 4) is 61.8 Å². The van der Waals surface area contributed by atoms with E-state index in [4.69, 9.17) is 9.97 Å². The van der Waals surface area contributed by atoms with Crippen LogP contribution in [0.2, 0.25) is 0 Å².